The summed E-state index contributed by atoms with van der Waals surface area (Å²) >= 11 is 0. The van der Waals surface area contributed by atoms with Crippen LogP contribution in [0.2, 0.25) is 0 Å². The van der Waals surface area contributed by atoms with Gasteiger partial charge in [0.05, 0.1) is 0 Å². The lowest BCUT2D eigenvalue weighted by atomic mass is 9.78. The Hall–Kier alpha value is -3.52. The summed E-state index contributed by atoms with van der Waals surface area (Å²) in [5.41, 5.74) is 7.39. The highest BCUT2D eigenvalue weighted by Crippen LogP contribution is 2.34. The van der Waals surface area contributed by atoms with Gasteiger partial charge in [0.25, 0.3) is 0 Å². The Morgan fingerprint density at radius 3 is 0.882 bits per heavy atom. The molecule has 0 fully saturated rings. The minimum Gasteiger partial charge on any atom is -0.290 e. The number of aryl methyl sites for hydroxylation is 2. The van der Waals surface area contributed by atoms with Crippen LogP contribution in [-0.2, 0) is 10.8 Å². The first kappa shape index (κ1) is 23.6. The van der Waals surface area contributed by atoms with Crippen molar-refractivity contribution in [1.82, 2.24) is 0 Å². The van der Waals surface area contributed by atoms with Crippen LogP contribution in [0.25, 0.3) is 0 Å². The Morgan fingerprint density at radius 1 is 0.382 bits per heavy atom. The molecule has 4 aromatic carbocycles. The van der Waals surface area contributed by atoms with E-state index in [1.165, 1.54) is 33.4 Å². The van der Waals surface area contributed by atoms with Gasteiger partial charge in [0, 0.05) is 10.8 Å². The van der Waals surface area contributed by atoms with Crippen LogP contribution in [0.1, 0.15) is 61.1 Å². The molecular weight excluding hydrogens is 416 g/mol. The molecule has 2 heteroatoms. The topological polar surface area (TPSA) is 18.5 Å². The van der Waals surface area contributed by atoms with Gasteiger partial charge in [-0.05, 0) is 60.4 Å². The maximum absolute atomic E-state index is 5.60. The van der Waals surface area contributed by atoms with Gasteiger partial charge in [0.1, 0.15) is 0 Å². The fraction of sp³-hybridized carbons (Fsp3) is 0.250. The highest BCUT2D eigenvalue weighted by atomic mass is 17.2. The minimum absolute atomic E-state index is 0.0901. The van der Waals surface area contributed by atoms with Gasteiger partial charge in [-0.3, -0.25) is 9.78 Å². The highest BCUT2D eigenvalue weighted by molar-refractivity contribution is 5.42. The Kier molecular flexibility index (Phi) is 6.52. The molecule has 0 radical (unpaired) electrons. The van der Waals surface area contributed by atoms with Gasteiger partial charge in [0.15, 0.2) is 11.5 Å². The fourth-order valence-corrected chi connectivity index (χ4v) is 4.22. The van der Waals surface area contributed by atoms with Crippen molar-refractivity contribution in [1.29, 1.82) is 0 Å². The van der Waals surface area contributed by atoms with E-state index in [9.17, 15) is 0 Å². The average molecular weight is 451 g/mol. The summed E-state index contributed by atoms with van der Waals surface area (Å²) in [4.78, 5) is 11.2. The van der Waals surface area contributed by atoms with E-state index in [-0.39, 0.29) is 10.8 Å². The standard InChI is InChI=1S/C32H34O2/c1-23-7-11-25(12-8-23)31(3,4)27-15-19-29(20-16-27)33-34-30-21-17-28(18-22-30)32(5,6)26-13-9-24(2)10-14-26/h7-22H,1-6H3. The summed E-state index contributed by atoms with van der Waals surface area (Å²) in [7, 11) is 0. The number of hydrogen-bond donors (Lipinski definition) is 0. The molecule has 0 bridgehead atoms. The zero-order valence-electron chi connectivity index (χ0n) is 21.1. The zero-order valence-corrected chi connectivity index (χ0v) is 21.1. The van der Waals surface area contributed by atoms with Gasteiger partial charge in [-0.15, -0.1) is 0 Å². The molecule has 4 rings (SSSR count). The molecule has 0 atom stereocenters. The summed E-state index contributed by atoms with van der Waals surface area (Å²) in [6.45, 7) is 13.2. The lowest BCUT2D eigenvalue weighted by Crippen LogP contribution is -2.19. The maximum Gasteiger partial charge on any atom is 0.178 e. The molecule has 0 spiro atoms. The molecule has 0 unspecified atom stereocenters. The summed E-state index contributed by atoms with van der Waals surface area (Å²) in [5.74, 6) is 1.35. The maximum atomic E-state index is 5.60. The number of rotatable bonds is 7. The van der Waals surface area contributed by atoms with E-state index in [0.29, 0.717) is 11.5 Å². The van der Waals surface area contributed by atoms with E-state index in [2.05, 4.69) is 114 Å². The van der Waals surface area contributed by atoms with Crippen LogP contribution in [0.5, 0.6) is 11.5 Å². The molecule has 0 heterocycles. The summed E-state index contributed by atoms with van der Waals surface area (Å²) in [6.07, 6.45) is 0. The predicted molar refractivity (Wildman–Crippen MR) is 141 cm³/mol. The minimum atomic E-state index is -0.0901. The van der Waals surface area contributed by atoms with Crippen molar-refractivity contribution >= 4 is 0 Å². The zero-order chi connectivity index (χ0) is 24.3. The monoisotopic (exact) mass is 450 g/mol. The number of hydrogen-bond acceptors (Lipinski definition) is 2. The SMILES string of the molecule is Cc1ccc(C(C)(C)c2ccc(OOc3ccc(C(C)(C)c4ccc(C)cc4)cc3)cc2)cc1. The van der Waals surface area contributed by atoms with E-state index >= 15 is 0 Å². The first-order valence-corrected chi connectivity index (χ1v) is 11.9. The Labute approximate surface area is 204 Å². The fourth-order valence-electron chi connectivity index (χ4n) is 4.22. The van der Waals surface area contributed by atoms with Crippen molar-refractivity contribution in [2.45, 2.75) is 52.4 Å². The third-order valence-electron chi connectivity index (χ3n) is 6.93. The van der Waals surface area contributed by atoms with Crippen LogP contribution >= 0.6 is 0 Å². The molecule has 0 aromatic heterocycles. The van der Waals surface area contributed by atoms with Gasteiger partial charge in [-0.25, -0.2) is 0 Å². The Morgan fingerprint density at radius 2 is 0.618 bits per heavy atom. The number of benzene rings is 4. The second-order valence-corrected chi connectivity index (χ2v) is 10.2. The van der Waals surface area contributed by atoms with Crippen LogP contribution < -0.4 is 9.78 Å². The van der Waals surface area contributed by atoms with Crippen molar-refractivity contribution in [3.8, 4) is 11.5 Å². The van der Waals surface area contributed by atoms with Crippen LogP contribution in [0, 0.1) is 13.8 Å². The smallest absolute Gasteiger partial charge is 0.178 e. The lowest BCUT2D eigenvalue weighted by molar-refractivity contribution is -0.0999. The largest absolute Gasteiger partial charge is 0.290 e. The van der Waals surface area contributed by atoms with Crippen molar-refractivity contribution in [2.75, 3.05) is 0 Å². The molecule has 0 aliphatic carbocycles. The molecule has 0 saturated heterocycles. The third-order valence-corrected chi connectivity index (χ3v) is 6.93. The molecule has 2 nitrogen and oxygen atoms in total. The molecule has 0 saturated carbocycles. The van der Waals surface area contributed by atoms with Gasteiger partial charge >= 0.3 is 0 Å². The summed E-state index contributed by atoms with van der Waals surface area (Å²) < 4.78 is 0. The van der Waals surface area contributed by atoms with E-state index in [1.807, 2.05) is 24.3 Å². The van der Waals surface area contributed by atoms with Crippen LogP contribution in [-0.4, -0.2) is 0 Å². The van der Waals surface area contributed by atoms with E-state index in [0.717, 1.165) is 0 Å². The molecule has 174 valence electrons. The van der Waals surface area contributed by atoms with E-state index < -0.39 is 0 Å². The van der Waals surface area contributed by atoms with Gasteiger partial charge in [0.2, 0.25) is 0 Å². The van der Waals surface area contributed by atoms with Gasteiger partial charge in [-0.1, -0.05) is 112 Å². The van der Waals surface area contributed by atoms with Gasteiger partial charge in [-0.2, -0.15) is 0 Å². The Bertz CT molecular complexity index is 1110. The average Bonchev–Trinajstić information content (AvgIpc) is 2.84. The quantitative estimate of drug-likeness (QED) is 0.208. The first-order chi connectivity index (χ1) is 16.2. The van der Waals surface area contributed by atoms with E-state index in [1.54, 1.807) is 0 Å². The first-order valence-electron chi connectivity index (χ1n) is 11.9. The molecule has 4 aromatic rings. The van der Waals surface area contributed by atoms with E-state index in [4.69, 9.17) is 9.78 Å². The highest BCUT2D eigenvalue weighted by Gasteiger charge is 2.24. The lowest BCUT2D eigenvalue weighted by Gasteiger charge is -2.26. The van der Waals surface area contributed by atoms with Crippen LogP contribution in [0.3, 0.4) is 0 Å². The van der Waals surface area contributed by atoms with Crippen molar-refractivity contribution in [3.05, 3.63) is 130 Å². The molecule has 34 heavy (non-hydrogen) atoms. The summed E-state index contributed by atoms with van der Waals surface area (Å²) in [5, 5.41) is 0. The second kappa shape index (κ2) is 9.38. The predicted octanol–water partition coefficient (Wildman–Crippen LogP) is 8.33. The van der Waals surface area contributed by atoms with Crippen LogP contribution in [0.15, 0.2) is 97.1 Å². The Balaban J connectivity index is 1.41. The van der Waals surface area contributed by atoms with Crippen molar-refractivity contribution < 1.29 is 9.78 Å². The molecule has 0 aliphatic rings. The van der Waals surface area contributed by atoms with Crippen molar-refractivity contribution in [3.63, 3.8) is 0 Å². The second-order valence-electron chi connectivity index (χ2n) is 10.2. The molecular formula is C32H34O2. The molecule has 0 amide bonds. The van der Waals surface area contributed by atoms with Crippen LogP contribution in [0.4, 0.5) is 0 Å². The van der Waals surface area contributed by atoms with Gasteiger partial charge < -0.3 is 0 Å². The normalized spacial score (nSPS) is 11.8. The van der Waals surface area contributed by atoms with Crippen molar-refractivity contribution in [2.24, 2.45) is 0 Å². The molecule has 0 aliphatic heterocycles. The third kappa shape index (κ3) is 5.02. The molecule has 0 N–H and O–H groups in total. The summed E-state index contributed by atoms with van der Waals surface area (Å²) in [6, 6.07) is 33.7.